The average Bonchev–Trinajstić information content (AvgIpc) is 2.89. The molecule has 0 spiro atoms. The molecule has 0 saturated heterocycles. The largest absolute Gasteiger partial charge is 0.418 e. The number of rotatable bonds is 3. The highest BCUT2D eigenvalue weighted by Crippen LogP contribution is 2.35. The second-order valence-electron chi connectivity index (χ2n) is 4.35. The van der Waals surface area contributed by atoms with Crippen LogP contribution in [0.15, 0.2) is 18.5 Å². The molecule has 0 aliphatic heterocycles. The van der Waals surface area contributed by atoms with Crippen LogP contribution in [0.3, 0.4) is 0 Å². The molecule has 0 radical (unpaired) electrons. The maximum Gasteiger partial charge on any atom is 0.418 e. The second kappa shape index (κ2) is 7.43. The van der Waals surface area contributed by atoms with Gasteiger partial charge in [-0.1, -0.05) is 11.6 Å². The summed E-state index contributed by atoms with van der Waals surface area (Å²) >= 11 is 6.51. The van der Waals surface area contributed by atoms with Crippen LogP contribution in [0.1, 0.15) is 33.2 Å². The van der Waals surface area contributed by atoms with Crippen LogP contribution in [0.4, 0.5) is 19.0 Å². The normalized spacial score (nSPS) is 12.4. The Morgan fingerprint density at radius 3 is 2.57 bits per heavy atom. The SMILES string of the molecule is C[C@@H](N)c1ncc(C(=O)Nc2cc(C(F)(F)F)c(Cl)cn2)s1.Cl. The molecule has 2 aromatic heterocycles. The van der Waals surface area contributed by atoms with Crippen molar-refractivity contribution in [2.45, 2.75) is 19.1 Å². The number of hydrogen-bond donors (Lipinski definition) is 2. The zero-order valence-electron chi connectivity index (χ0n) is 11.5. The van der Waals surface area contributed by atoms with Gasteiger partial charge in [0.1, 0.15) is 15.7 Å². The molecule has 23 heavy (non-hydrogen) atoms. The summed E-state index contributed by atoms with van der Waals surface area (Å²) in [5.41, 5.74) is 4.56. The van der Waals surface area contributed by atoms with Crippen molar-refractivity contribution >= 4 is 47.1 Å². The lowest BCUT2D eigenvalue weighted by molar-refractivity contribution is -0.137. The number of thiazole rings is 1. The van der Waals surface area contributed by atoms with Crippen LogP contribution in [-0.4, -0.2) is 15.9 Å². The summed E-state index contributed by atoms with van der Waals surface area (Å²) in [5.74, 6) is -0.871. The third-order valence-corrected chi connectivity index (χ3v) is 4.04. The summed E-state index contributed by atoms with van der Waals surface area (Å²) in [4.78, 5) is 19.8. The first-order valence-electron chi connectivity index (χ1n) is 5.94. The van der Waals surface area contributed by atoms with Gasteiger partial charge < -0.3 is 11.1 Å². The Morgan fingerprint density at radius 1 is 1.39 bits per heavy atom. The molecule has 1 atom stereocenters. The zero-order chi connectivity index (χ0) is 16.5. The van der Waals surface area contributed by atoms with Crippen LogP contribution in [0.5, 0.6) is 0 Å². The highest BCUT2D eigenvalue weighted by molar-refractivity contribution is 7.13. The van der Waals surface area contributed by atoms with Crippen LogP contribution < -0.4 is 11.1 Å². The number of pyridine rings is 1. The number of aromatic nitrogens is 2. The van der Waals surface area contributed by atoms with E-state index in [4.69, 9.17) is 17.3 Å². The molecular weight excluding hydrogens is 376 g/mol. The van der Waals surface area contributed by atoms with Gasteiger partial charge in [0, 0.05) is 6.20 Å². The van der Waals surface area contributed by atoms with Crippen LogP contribution in [0.2, 0.25) is 5.02 Å². The number of halogens is 5. The summed E-state index contributed by atoms with van der Waals surface area (Å²) in [6.45, 7) is 1.71. The molecule has 0 unspecified atom stereocenters. The van der Waals surface area contributed by atoms with E-state index in [0.29, 0.717) is 11.1 Å². The standard InChI is InChI=1S/C12H10ClF3N4OS.ClH/c1-5(17)11-19-4-8(22-11)10(21)20-9-2-6(12(14,15)16)7(13)3-18-9;/h2-5H,17H2,1H3,(H,18,20,21);1H/t5-;/m1./s1. The van der Waals surface area contributed by atoms with Gasteiger partial charge in [-0.15, -0.1) is 23.7 Å². The number of carbonyl (C=O) groups excluding carboxylic acids is 1. The first-order chi connectivity index (χ1) is 10.2. The van der Waals surface area contributed by atoms with Gasteiger partial charge in [0.15, 0.2) is 0 Å². The summed E-state index contributed by atoms with van der Waals surface area (Å²) in [6, 6.07) is 0.338. The van der Waals surface area contributed by atoms with E-state index in [2.05, 4.69) is 15.3 Å². The van der Waals surface area contributed by atoms with E-state index >= 15 is 0 Å². The molecule has 0 aliphatic rings. The van der Waals surface area contributed by atoms with Gasteiger partial charge in [0.2, 0.25) is 0 Å². The molecule has 0 aromatic carbocycles. The van der Waals surface area contributed by atoms with Crippen molar-refractivity contribution in [2.75, 3.05) is 5.32 Å². The Balaban J connectivity index is 0.00000264. The fraction of sp³-hybridized carbons (Fsp3) is 0.250. The molecule has 2 aromatic rings. The minimum Gasteiger partial charge on any atom is -0.322 e. The quantitative estimate of drug-likeness (QED) is 0.837. The maximum atomic E-state index is 12.7. The molecule has 0 bridgehead atoms. The molecule has 0 fully saturated rings. The van der Waals surface area contributed by atoms with Gasteiger partial charge in [-0.25, -0.2) is 9.97 Å². The van der Waals surface area contributed by atoms with E-state index in [-0.39, 0.29) is 29.1 Å². The van der Waals surface area contributed by atoms with E-state index in [1.165, 1.54) is 6.20 Å². The molecule has 126 valence electrons. The van der Waals surface area contributed by atoms with Crippen LogP contribution in [0.25, 0.3) is 0 Å². The highest BCUT2D eigenvalue weighted by atomic mass is 35.5. The third kappa shape index (κ3) is 4.77. The highest BCUT2D eigenvalue weighted by Gasteiger charge is 2.34. The summed E-state index contributed by atoms with van der Waals surface area (Å²) in [5, 5.41) is 2.28. The monoisotopic (exact) mass is 386 g/mol. The van der Waals surface area contributed by atoms with Crippen LogP contribution in [0, 0.1) is 0 Å². The number of nitrogens with zero attached hydrogens (tertiary/aromatic N) is 2. The Morgan fingerprint density at radius 2 is 2.04 bits per heavy atom. The Hall–Kier alpha value is -1.42. The van der Waals surface area contributed by atoms with Crippen molar-refractivity contribution in [1.29, 1.82) is 0 Å². The first-order valence-corrected chi connectivity index (χ1v) is 7.13. The maximum absolute atomic E-state index is 12.7. The van der Waals surface area contributed by atoms with Crippen molar-refractivity contribution < 1.29 is 18.0 Å². The van der Waals surface area contributed by atoms with Gasteiger partial charge in [0.25, 0.3) is 5.91 Å². The smallest absolute Gasteiger partial charge is 0.322 e. The summed E-state index contributed by atoms with van der Waals surface area (Å²) in [6.07, 6.45) is -2.49. The molecule has 1 amide bonds. The van der Waals surface area contributed by atoms with E-state index in [1.807, 2.05) is 0 Å². The average molecular weight is 387 g/mol. The van der Waals surface area contributed by atoms with Gasteiger partial charge in [0.05, 0.1) is 22.8 Å². The van der Waals surface area contributed by atoms with Gasteiger partial charge >= 0.3 is 6.18 Å². The Kier molecular flexibility index (Phi) is 6.34. The van der Waals surface area contributed by atoms with Crippen molar-refractivity contribution in [3.8, 4) is 0 Å². The van der Waals surface area contributed by atoms with Crippen molar-refractivity contribution in [2.24, 2.45) is 5.73 Å². The Bertz CT molecular complexity index is 706. The molecular formula is C12H11Cl2F3N4OS. The zero-order valence-corrected chi connectivity index (χ0v) is 13.9. The fourth-order valence-corrected chi connectivity index (χ4v) is 2.48. The van der Waals surface area contributed by atoms with Crippen LogP contribution >= 0.6 is 35.3 Å². The van der Waals surface area contributed by atoms with Gasteiger partial charge in [-0.05, 0) is 13.0 Å². The number of anilines is 1. The molecule has 2 heterocycles. The second-order valence-corrected chi connectivity index (χ2v) is 5.82. The summed E-state index contributed by atoms with van der Waals surface area (Å²) < 4.78 is 38.2. The van der Waals surface area contributed by atoms with E-state index in [0.717, 1.165) is 17.5 Å². The molecule has 5 nitrogen and oxygen atoms in total. The van der Waals surface area contributed by atoms with Crippen molar-refractivity contribution in [1.82, 2.24) is 9.97 Å². The number of amides is 1. The van der Waals surface area contributed by atoms with Crippen molar-refractivity contribution in [3.05, 3.63) is 38.9 Å². The molecule has 11 heteroatoms. The molecule has 3 N–H and O–H groups in total. The predicted molar refractivity (Wildman–Crippen MR) is 84.2 cm³/mol. The topological polar surface area (TPSA) is 80.9 Å². The minimum atomic E-state index is -4.63. The number of hydrogen-bond acceptors (Lipinski definition) is 5. The predicted octanol–water partition coefficient (Wildman–Crippen LogP) is 3.90. The lowest BCUT2D eigenvalue weighted by Crippen LogP contribution is -2.13. The molecule has 0 saturated carbocycles. The number of alkyl halides is 3. The number of carbonyl (C=O) groups is 1. The first kappa shape index (κ1) is 19.6. The van der Waals surface area contributed by atoms with E-state index in [1.54, 1.807) is 6.92 Å². The van der Waals surface area contributed by atoms with Gasteiger partial charge in [-0.3, -0.25) is 4.79 Å². The van der Waals surface area contributed by atoms with E-state index < -0.39 is 22.7 Å². The van der Waals surface area contributed by atoms with Crippen molar-refractivity contribution in [3.63, 3.8) is 0 Å². The lowest BCUT2D eigenvalue weighted by atomic mass is 10.2. The minimum absolute atomic E-state index is 0. The molecule has 2 rings (SSSR count). The summed E-state index contributed by atoms with van der Waals surface area (Å²) in [7, 11) is 0. The van der Waals surface area contributed by atoms with Gasteiger partial charge in [-0.2, -0.15) is 13.2 Å². The lowest BCUT2D eigenvalue weighted by Gasteiger charge is -2.10. The fourth-order valence-electron chi connectivity index (χ4n) is 1.51. The number of nitrogens with two attached hydrogens (primary N) is 1. The molecule has 0 aliphatic carbocycles. The third-order valence-electron chi connectivity index (χ3n) is 2.54. The Labute approximate surface area is 144 Å². The number of nitrogens with one attached hydrogen (secondary N) is 1. The van der Waals surface area contributed by atoms with E-state index in [9.17, 15) is 18.0 Å². The van der Waals surface area contributed by atoms with Crippen LogP contribution in [-0.2, 0) is 6.18 Å².